The molecule has 1 fully saturated rings. The number of hydrogen-bond donors (Lipinski definition) is 2. The van der Waals surface area contributed by atoms with E-state index in [4.69, 9.17) is 17.3 Å². The number of rotatable bonds is 4. The largest absolute Gasteiger partial charge is 0.380 e. The van der Waals surface area contributed by atoms with Crippen molar-refractivity contribution >= 4 is 17.3 Å². The fraction of sp³-hybridized carbons (Fsp3) is 0.714. The first-order valence-corrected chi connectivity index (χ1v) is 7.63. The van der Waals surface area contributed by atoms with Crippen LogP contribution in [0.3, 0.4) is 0 Å². The Labute approximate surface area is 124 Å². The highest BCUT2D eigenvalue weighted by atomic mass is 35.5. The molecule has 1 aliphatic carbocycles. The van der Waals surface area contributed by atoms with Crippen LogP contribution in [0.15, 0.2) is 11.0 Å². The third-order valence-corrected chi connectivity index (χ3v) is 4.02. The van der Waals surface area contributed by atoms with Crippen molar-refractivity contribution < 1.29 is 0 Å². The number of nitrogens with one attached hydrogen (secondary N) is 1. The molecule has 0 aliphatic heterocycles. The van der Waals surface area contributed by atoms with Crippen LogP contribution < -0.4 is 16.6 Å². The molecule has 2 rings (SSSR count). The Kier molecular flexibility index (Phi) is 5.05. The van der Waals surface area contributed by atoms with E-state index in [9.17, 15) is 4.79 Å². The van der Waals surface area contributed by atoms with Crippen molar-refractivity contribution in [3.8, 4) is 0 Å². The molecule has 112 valence electrons. The molecule has 0 amide bonds. The van der Waals surface area contributed by atoms with Crippen molar-refractivity contribution in [2.24, 2.45) is 11.7 Å². The van der Waals surface area contributed by atoms with E-state index in [1.54, 1.807) is 6.20 Å². The smallest absolute Gasteiger partial charge is 0.287 e. The Morgan fingerprint density at radius 3 is 2.70 bits per heavy atom. The first kappa shape index (κ1) is 15.3. The Morgan fingerprint density at radius 1 is 1.45 bits per heavy atom. The molecular weight excluding hydrogens is 276 g/mol. The summed E-state index contributed by atoms with van der Waals surface area (Å²) in [7, 11) is 0. The van der Waals surface area contributed by atoms with E-state index in [0.29, 0.717) is 30.2 Å². The highest BCUT2D eigenvalue weighted by Gasteiger charge is 2.20. The zero-order chi connectivity index (χ0) is 14.7. The molecule has 1 saturated carbocycles. The summed E-state index contributed by atoms with van der Waals surface area (Å²) in [5.41, 5.74) is 6.30. The number of hydrogen-bond acceptors (Lipinski definition) is 4. The second-order valence-electron chi connectivity index (χ2n) is 6.01. The molecule has 0 radical (unpaired) electrons. The molecule has 0 bridgehead atoms. The Hall–Kier alpha value is -1.07. The molecule has 3 N–H and O–H groups in total. The summed E-state index contributed by atoms with van der Waals surface area (Å²) in [6.45, 7) is 4.66. The van der Waals surface area contributed by atoms with Crippen molar-refractivity contribution in [1.29, 1.82) is 0 Å². The molecule has 1 aromatic heterocycles. The van der Waals surface area contributed by atoms with Gasteiger partial charge in [0, 0.05) is 18.6 Å². The van der Waals surface area contributed by atoms with E-state index in [1.807, 2.05) is 13.8 Å². The SMILES string of the molecule is CC(C)Cn1ncc(NC2CCC(N)CC2)c(Cl)c1=O. The maximum Gasteiger partial charge on any atom is 0.287 e. The zero-order valence-corrected chi connectivity index (χ0v) is 12.9. The fourth-order valence-corrected chi connectivity index (χ4v) is 2.73. The summed E-state index contributed by atoms with van der Waals surface area (Å²) in [4.78, 5) is 12.1. The van der Waals surface area contributed by atoms with Gasteiger partial charge >= 0.3 is 0 Å². The van der Waals surface area contributed by atoms with Crippen LogP contribution in [-0.2, 0) is 6.54 Å². The minimum atomic E-state index is -0.224. The highest BCUT2D eigenvalue weighted by molar-refractivity contribution is 6.32. The van der Waals surface area contributed by atoms with Crippen molar-refractivity contribution in [1.82, 2.24) is 9.78 Å². The van der Waals surface area contributed by atoms with Crippen molar-refractivity contribution in [3.63, 3.8) is 0 Å². The minimum Gasteiger partial charge on any atom is -0.380 e. The molecule has 0 atom stereocenters. The van der Waals surface area contributed by atoms with E-state index in [2.05, 4.69) is 10.4 Å². The number of halogens is 1. The molecule has 0 aromatic carbocycles. The van der Waals surface area contributed by atoms with Gasteiger partial charge in [0.1, 0.15) is 5.02 Å². The van der Waals surface area contributed by atoms with Crippen LogP contribution in [0.2, 0.25) is 5.02 Å². The molecule has 6 heteroatoms. The normalized spacial score (nSPS) is 23.1. The van der Waals surface area contributed by atoms with Crippen LogP contribution in [0, 0.1) is 5.92 Å². The van der Waals surface area contributed by atoms with Gasteiger partial charge in [0.05, 0.1) is 11.9 Å². The molecule has 1 aromatic rings. The van der Waals surface area contributed by atoms with Gasteiger partial charge < -0.3 is 11.1 Å². The first-order valence-electron chi connectivity index (χ1n) is 7.25. The topological polar surface area (TPSA) is 72.9 Å². The van der Waals surface area contributed by atoms with Gasteiger partial charge in [-0.3, -0.25) is 4.79 Å². The first-order chi connectivity index (χ1) is 9.47. The van der Waals surface area contributed by atoms with Crippen LogP contribution >= 0.6 is 11.6 Å². The van der Waals surface area contributed by atoms with Crippen molar-refractivity contribution in [3.05, 3.63) is 21.6 Å². The van der Waals surface area contributed by atoms with Crippen LogP contribution in [0.25, 0.3) is 0 Å². The van der Waals surface area contributed by atoms with Crippen molar-refractivity contribution in [2.45, 2.75) is 58.2 Å². The molecule has 20 heavy (non-hydrogen) atoms. The average molecular weight is 299 g/mol. The Balaban J connectivity index is 2.09. The summed E-state index contributed by atoms with van der Waals surface area (Å²) < 4.78 is 1.43. The van der Waals surface area contributed by atoms with Gasteiger partial charge in [-0.2, -0.15) is 5.10 Å². The minimum absolute atomic E-state index is 0.224. The summed E-state index contributed by atoms with van der Waals surface area (Å²) >= 11 is 6.17. The van der Waals surface area contributed by atoms with E-state index < -0.39 is 0 Å². The molecule has 1 heterocycles. The van der Waals surface area contributed by atoms with Gasteiger partial charge in [-0.25, -0.2) is 4.68 Å². The standard InChI is InChI=1S/C14H23ClN4O/c1-9(2)8-19-14(20)13(15)12(7-17-19)18-11-5-3-10(16)4-6-11/h7,9-11,18H,3-6,8,16H2,1-2H3. The third kappa shape index (κ3) is 3.73. The summed E-state index contributed by atoms with van der Waals surface area (Å²) in [5.74, 6) is 0.356. The van der Waals surface area contributed by atoms with Crippen LogP contribution in [0.5, 0.6) is 0 Å². The molecule has 0 unspecified atom stereocenters. The monoisotopic (exact) mass is 298 g/mol. The summed E-state index contributed by atoms with van der Waals surface area (Å²) in [6, 6.07) is 0.634. The second kappa shape index (κ2) is 6.59. The summed E-state index contributed by atoms with van der Waals surface area (Å²) in [5, 5.41) is 7.75. The number of nitrogens with zero attached hydrogens (tertiary/aromatic N) is 2. The molecular formula is C14H23ClN4O. The van der Waals surface area contributed by atoms with Gasteiger partial charge in [-0.05, 0) is 31.6 Å². The number of anilines is 1. The summed E-state index contributed by atoms with van der Waals surface area (Å²) in [6.07, 6.45) is 5.68. The lowest BCUT2D eigenvalue weighted by atomic mass is 9.92. The van der Waals surface area contributed by atoms with E-state index in [1.165, 1.54) is 4.68 Å². The lowest BCUT2D eigenvalue weighted by Gasteiger charge is -2.27. The lowest BCUT2D eigenvalue weighted by molar-refractivity contribution is 0.410. The molecule has 0 saturated heterocycles. The van der Waals surface area contributed by atoms with Crippen molar-refractivity contribution in [2.75, 3.05) is 5.32 Å². The maximum atomic E-state index is 12.1. The maximum absolute atomic E-state index is 12.1. The van der Waals surface area contributed by atoms with E-state index in [0.717, 1.165) is 25.7 Å². The van der Waals surface area contributed by atoms with Gasteiger partial charge in [0.2, 0.25) is 0 Å². The predicted octanol–water partition coefficient (Wildman–Crippen LogP) is 2.23. The Morgan fingerprint density at radius 2 is 2.10 bits per heavy atom. The zero-order valence-electron chi connectivity index (χ0n) is 12.1. The predicted molar refractivity (Wildman–Crippen MR) is 82.2 cm³/mol. The third-order valence-electron chi connectivity index (χ3n) is 3.65. The molecule has 0 spiro atoms. The van der Waals surface area contributed by atoms with Crippen LogP contribution in [0.4, 0.5) is 5.69 Å². The second-order valence-corrected chi connectivity index (χ2v) is 6.39. The quantitative estimate of drug-likeness (QED) is 0.894. The van der Waals surface area contributed by atoms with E-state index in [-0.39, 0.29) is 10.6 Å². The highest BCUT2D eigenvalue weighted by Crippen LogP contribution is 2.23. The number of aromatic nitrogens is 2. The van der Waals surface area contributed by atoms with Gasteiger partial charge in [0.15, 0.2) is 0 Å². The average Bonchev–Trinajstić information content (AvgIpc) is 2.40. The lowest BCUT2D eigenvalue weighted by Crippen LogP contribution is -2.34. The number of nitrogens with two attached hydrogens (primary N) is 1. The Bertz CT molecular complexity index is 506. The molecule has 5 nitrogen and oxygen atoms in total. The van der Waals surface area contributed by atoms with Crippen LogP contribution in [-0.4, -0.2) is 21.9 Å². The van der Waals surface area contributed by atoms with E-state index >= 15 is 0 Å². The fourth-order valence-electron chi connectivity index (χ4n) is 2.53. The van der Waals surface area contributed by atoms with Gasteiger partial charge in [-0.15, -0.1) is 0 Å². The van der Waals surface area contributed by atoms with Crippen LogP contribution in [0.1, 0.15) is 39.5 Å². The molecule has 1 aliphatic rings. The van der Waals surface area contributed by atoms with Gasteiger partial charge in [-0.1, -0.05) is 25.4 Å². The van der Waals surface area contributed by atoms with Gasteiger partial charge in [0.25, 0.3) is 5.56 Å².